The van der Waals surface area contributed by atoms with E-state index in [2.05, 4.69) is 29.1 Å². The van der Waals surface area contributed by atoms with E-state index in [0.29, 0.717) is 18.9 Å². The lowest BCUT2D eigenvalue weighted by Crippen LogP contribution is -2.38. The molecule has 1 aliphatic heterocycles. The third-order valence-corrected chi connectivity index (χ3v) is 6.66. The van der Waals surface area contributed by atoms with Gasteiger partial charge in [-0.3, -0.25) is 9.20 Å². The number of alkyl halides is 3. The lowest BCUT2D eigenvalue weighted by molar-refractivity contribution is -0.137. The van der Waals surface area contributed by atoms with Gasteiger partial charge in [0.1, 0.15) is 16.6 Å². The number of nitrogens with one attached hydrogen (secondary N) is 1. The molecule has 4 rings (SSSR count). The van der Waals surface area contributed by atoms with Crippen molar-refractivity contribution in [2.75, 3.05) is 23.3 Å². The average Bonchev–Trinajstić information content (AvgIpc) is 2.78. The van der Waals surface area contributed by atoms with Crippen molar-refractivity contribution in [2.45, 2.75) is 45.8 Å². The molecule has 36 heavy (non-hydrogen) atoms. The molecule has 12 heteroatoms. The molecule has 3 aromatic heterocycles. The smallest absolute Gasteiger partial charge is 0.417 e. The number of aromatic nitrogens is 3. The Hall–Kier alpha value is -3.34. The zero-order valence-corrected chi connectivity index (χ0v) is 20.6. The molecule has 1 aliphatic rings. The molecule has 0 radical (unpaired) electrons. The summed E-state index contributed by atoms with van der Waals surface area (Å²) in [6.07, 6.45) is -2.22. The summed E-state index contributed by atoms with van der Waals surface area (Å²) in [6, 6.07) is 4.05. The SMILES string of the molecule is C[C@@H](Nc1ccc(Cl)nc1C(=O)O)c1cc(C(F)(F)F)cn2c(=O)cc(N3CCC(C)(C)CC3)nc12. The highest BCUT2D eigenvalue weighted by atomic mass is 35.5. The lowest BCUT2D eigenvalue weighted by Gasteiger charge is -2.37. The van der Waals surface area contributed by atoms with Gasteiger partial charge in [-0.1, -0.05) is 25.4 Å². The van der Waals surface area contributed by atoms with Gasteiger partial charge in [-0.05, 0) is 43.4 Å². The van der Waals surface area contributed by atoms with Crippen molar-refractivity contribution in [1.82, 2.24) is 14.4 Å². The van der Waals surface area contributed by atoms with E-state index in [0.717, 1.165) is 29.5 Å². The first-order chi connectivity index (χ1) is 16.7. The fourth-order valence-corrected chi connectivity index (χ4v) is 4.37. The van der Waals surface area contributed by atoms with Crippen LogP contribution in [0.2, 0.25) is 5.15 Å². The second kappa shape index (κ2) is 9.27. The molecule has 0 bridgehead atoms. The summed E-state index contributed by atoms with van der Waals surface area (Å²) in [4.78, 5) is 34.9. The molecule has 3 aromatic rings. The zero-order valence-electron chi connectivity index (χ0n) is 19.9. The van der Waals surface area contributed by atoms with Crippen molar-refractivity contribution in [3.63, 3.8) is 0 Å². The second-order valence-electron chi connectivity index (χ2n) is 9.68. The molecule has 0 spiro atoms. The van der Waals surface area contributed by atoms with Crippen LogP contribution in [0, 0.1) is 5.41 Å². The fraction of sp³-hybridized carbons (Fsp3) is 0.417. The van der Waals surface area contributed by atoms with Crippen molar-refractivity contribution >= 4 is 34.7 Å². The highest BCUT2D eigenvalue weighted by Crippen LogP contribution is 2.35. The number of nitrogens with zero attached hydrogens (tertiary/aromatic N) is 4. The molecule has 8 nitrogen and oxygen atoms in total. The van der Waals surface area contributed by atoms with Gasteiger partial charge in [0.2, 0.25) is 0 Å². The molecular formula is C24H25ClF3N5O3. The van der Waals surface area contributed by atoms with Crippen LogP contribution in [-0.2, 0) is 6.18 Å². The van der Waals surface area contributed by atoms with Gasteiger partial charge in [0, 0.05) is 30.9 Å². The molecule has 192 valence electrons. The number of anilines is 2. The van der Waals surface area contributed by atoms with E-state index in [1.165, 1.54) is 18.2 Å². The number of aromatic carboxylic acids is 1. The van der Waals surface area contributed by atoms with Crippen molar-refractivity contribution < 1.29 is 23.1 Å². The number of hydrogen-bond acceptors (Lipinski definition) is 6. The number of carboxylic acids is 1. The van der Waals surface area contributed by atoms with Gasteiger partial charge in [-0.15, -0.1) is 0 Å². The Balaban J connectivity index is 1.83. The number of carboxylic acid groups (broad SMARTS) is 1. The van der Waals surface area contributed by atoms with Gasteiger partial charge in [-0.25, -0.2) is 14.8 Å². The van der Waals surface area contributed by atoms with Crippen molar-refractivity contribution in [1.29, 1.82) is 0 Å². The Morgan fingerprint density at radius 3 is 2.47 bits per heavy atom. The van der Waals surface area contributed by atoms with Crippen LogP contribution in [0.25, 0.3) is 5.65 Å². The Kier molecular flexibility index (Phi) is 6.63. The van der Waals surface area contributed by atoms with E-state index in [9.17, 15) is 27.9 Å². The maximum absolute atomic E-state index is 13.7. The summed E-state index contributed by atoms with van der Waals surface area (Å²) < 4.78 is 42.0. The van der Waals surface area contributed by atoms with Crippen LogP contribution in [0.3, 0.4) is 0 Å². The van der Waals surface area contributed by atoms with E-state index >= 15 is 0 Å². The number of hydrogen-bond donors (Lipinski definition) is 2. The topological polar surface area (TPSA) is 99.8 Å². The van der Waals surface area contributed by atoms with Crippen LogP contribution in [0.15, 0.2) is 35.3 Å². The average molecular weight is 524 g/mol. The largest absolute Gasteiger partial charge is 0.476 e. The van der Waals surface area contributed by atoms with Crippen LogP contribution in [0.5, 0.6) is 0 Å². The second-order valence-corrected chi connectivity index (χ2v) is 10.1. The maximum Gasteiger partial charge on any atom is 0.417 e. The van der Waals surface area contributed by atoms with Crippen LogP contribution in [-0.4, -0.2) is 38.5 Å². The fourth-order valence-electron chi connectivity index (χ4n) is 4.22. The minimum Gasteiger partial charge on any atom is -0.476 e. The molecule has 0 unspecified atom stereocenters. The minimum atomic E-state index is -4.72. The standard InChI is InChI=1S/C24H25ClF3N5O3/c1-13(29-16-4-5-17(25)30-20(16)22(35)36)15-10-14(24(26,27)28)12-33-19(34)11-18(31-21(15)33)32-8-6-23(2,3)7-9-32/h4-5,10-13,29H,6-9H2,1-3H3,(H,35,36)/t13-/m1/s1. The summed E-state index contributed by atoms with van der Waals surface area (Å²) >= 11 is 5.81. The van der Waals surface area contributed by atoms with Gasteiger partial charge < -0.3 is 15.3 Å². The van der Waals surface area contributed by atoms with Gasteiger partial charge >= 0.3 is 12.1 Å². The third-order valence-electron chi connectivity index (χ3n) is 6.45. The van der Waals surface area contributed by atoms with Gasteiger partial charge in [0.25, 0.3) is 5.56 Å². The summed E-state index contributed by atoms with van der Waals surface area (Å²) in [6.45, 7) is 7.20. The summed E-state index contributed by atoms with van der Waals surface area (Å²) in [5.41, 5.74) is -1.70. The first kappa shape index (κ1) is 25.7. The van der Waals surface area contributed by atoms with Crippen molar-refractivity contribution in [3.05, 3.63) is 62.8 Å². The number of carbonyl (C=O) groups is 1. The molecular weight excluding hydrogens is 499 g/mol. The Morgan fingerprint density at radius 1 is 1.19 bits per heavy atom. The van der Waals surface area contributed by atoms with E-state index in [1.807, 2.05) is 4.90 Å². The van der Waals surface area contributed by atoms with Gasteiger partial charge in [0.15, 0.2) is 5.69 Å². The summed E-state index contributed by atoms with van der Waals surface area (Å²) in [5, 5.41) is 12.3. The van der Waals surface area contributed by atoms with E-state index < -0.39 is 29.3 Å². The number of fused-ring (bicyclic) bond motifs is 1. The van der Waals surface area contributed by atoms with Crippen molar-refractivity contribution in [2.24, 2.45) is 5.41 Å². The minimum absolute atomic E-state index is 0.0438. The molecule has 1 fully saturated rings. The first-order valence-electron chi connectivity index (χ1n) is 11.3. The van der Waals surface area contributed by atoms with Crippen LogP contribution >= 0.6 is 11.6 Å². The van der Waals surface area contributed by atoms with Crippen LogP contribution in [0.1, 0.15) is 61.3 Å². The highest BCUT2D eigenvalue weighted by molar-refractivity contribution is 6.29. The normalized spacial score (nSPS) is 16.7. The van der Waals surface area contributed by atoms with Crippen molar-refractivity contribution in [3.8, 4) is 0 Å². The van der Waals surface area contributed by atoms with Gasteiger partial charge in [0.05, 0.1) is 17.3 Å². The molecule has 4 heterocycles. The quantitative estimate of drug-likeness (QED) is 0.440. The Morgan fingerprint density at radius 2 is 1.86 bits per heavy atom. The van der Waals surface area contributed by atoms with Crippen LogP contribution < -0.4 is 15.8 Å². The monoisotopic (exact) mass is 523 g/mol. The molecule has 0 amide bonds. The zero-order chi connectivity index (χ0) is 26.4. The van der Waals surface area contributed by atoms with E-state index in [4.69, 9.17) is 11.6 Å². The lowest BCUT2D eigenvalue weighted by atomic mass is 9.83. The molecule has 2 N–H and O–H groups in total. The molecule has 0 aliphatic carbocycles. The van der Waals surface area contributed by atoms with Gasteiger partial charge in [-0.2, -0.15) is 13.2 Å². The molecule has 0 saturated carbocycles. The number of pyridine rings is 2. The number of piperidine rings is 1. The molecule has 0 aromatic carbocycles. The third kappa shape index (κ3) is 5.25. The Bertz CT molecular complexity index is 1380. The van der Waals surface area contributed by atoms with Crippen LogP contribution in [0.4, 0.5) is 24.7 Å². The summed E-state index contributed by atoms with van der Waals surface area (Å²) in [5.74, 6) is -0.964. The predicted molar refractivity (Wildman–Crippen MR) is 130 cm³/mol. The highest BCUT2D eigenvalue weighted by Gasteiger charge is 2.33. The Labute approximate surface area is 209 Å². The van der Waals surface area contributed by atoms with E-state index in [-0.39, 0.29) is 33.2 Å². The van der Waals surface area contributed by atoms with E-state index in [1.54, 1.807) is 6.92 Å². The maximum atomic E-state index is 13.7. The number of halogens is 4. The first-order valence-corrected chi connectivity index (χ1v) is 11.7. The predicted octanol–water partition coefficient (Wildman–Crippen LogP) is 5.26. The molecule has 1 saturated heterocycles. The number of rotatable bonds is 5. The molecule has 1 atom stereocenters. The summed E-state index contributed by atoms with van der Waals surface area (Å²) in [7, 11) is 0.